The second-order valence-corrected chi connectivity index (χ2v) is 8.64. The number of para-hydroxylation sites is 1. The van der Waals surface area contributed by atoms with Gasteiger partial charge in [-0.2, -0.15) is 0 Å². The van der Waals surface area contributed by atoms with Crippen molar-refractivity contribution in [2.45, 2.75) is 64.0 Å². The molecule has 0 heterocycles. The third kappa shape index (κ3) is 6.79. The van der Waals surface area contributed by atoms with Crippen molar-refractivity contribution in [2.24, 2.45) is 0 Å². The fourth-order valence-electron chi connectivity index (χ4n) is 3.62. The van der Waals surface area contributed by atoms with Gasteiger partial charge in [-0.25, -0.2) is 9.59 Å². The minimum absolute atomic E-state index is 0.157. The smallest absolute Gasteiger partial charge is 0.417 e. The van der Waals surface area contributed by atoms with E-state index < -0.39 is 11.7 Å². The van der Waals surface area contributed by atoms with E-state index in [2.05, 4.69) is 10.6 Å². The molecule has 6 heteroatoms. The largest absolute Gasteiger partial charge is 0.444 e. The van der Waals surface area contributed by atoms with Crippen LogP contribution in [0.5, 0.6) is 5.75 Å². The number of hydrogen-bond acceptors (Lipinski definition) is 4. The van der Waals surface area contributed by atoms with Crippen LogP contribution in [0.25, 0.3) is 0 Å². The molecular weight excluding hydrogens is 380 g/mol. The summed E-state index contributed by atoms with van der Waals surface area (Å²) < 4.78 is 10.6. The third-order valence-corrected chi connectivity index (χ3v) is 5.03. The van der Waals surface area contributed by atoms with E-state index in [1.54, 1.807) is 12.1 Å². The second-order valence-electron chi connectivity index (χ2n) is 8.64. The van der Waals surface area contributed by atoms with E-state index in [1.807, 2.05) is 63.2 Å². The summed E-state index contributed by atoms with van der Waals surface area (Å²) in [6, 6.07) is 17.0. The Balaban J connectivity index is 1.45. The van der Waals surface area contributed by atoms with Gasteiger partial charge >= 0.3 is 12.2 Å². The molecule has 2 aromatic rings. The first-order valence-electron chi connectivity index (χ1n) is 10.4. The number of ether oxygens (including phenoxy) is 2. The van der Waals surface area contributed by atoms with Crippen molar-refractivity contribution >= 4 is 17.9 Å². The number of hydrogen-bond donors (Lipinski definition) is 2. The molecule has 6 nitrogen and oxygen atoms in total. The molecule has 1 aliphatic rings. The molecular formula is C24H30N2O4. The van der Waals surface area contributed by atoms with Crippen molar-refractivity contribution in [1.29, 1.82) is 0 Å². The Labute approximate surface area is 178 Å². The number of carbonyl (C=O) groups excluding carboxylic acids is 2. The number of rotatable bonds is 4. The Hall–Kier alpha value is -3.02. The molecule has 1 saturated carbocycles. The minimum atomic E-state index is -0.511. The van der Waals surface area contributed by atoms with Crippen LogP contribution in [0.2, 0.25) is 0 Å². The van der Waals surface area contributed by atoms with Crippen molar-refractivity contribution < 1.29 is 19.1 Å². The number of anilines is 1. The van der Waals surface area contributed by atoms with E-state index in [-0.39, 0.29) is 12.1 Å². The van der Waals surface area contributed by atoms with E-state index in [0.29, 0.717) is 17.4 Å². The highest BCUT2D eigenvalue weighted by atomic mass is 16.6. The number of carbonyl (C=O) groups is 2. The van der Waals surface area contributed by atoms with Crippen molar-refractivity contribution in [2.75, 3.05) is 5.32 Å². The van der Waals surface area contributed by atoms with Gasteiger partial charge in [0, 0.05) is 11.7 Å². The molecule has 0 saturated heterocycles. The first-order valence-corrected chi connectivity index (χ1v) is 10.4. The Bertz CT molecular complexity index is 836. The maximum absolute atomic E-state index is 12.0. The van der Waals surface area contributed by atoms with Gasteiger partial charge in [0.05, 0.1) is 0 Å². The maximum Gasteiger partial charge on any atom is 0.417 e. The highest BCUT2D eigenvalue weighted by Gasteiger charge is 2.25. The molecule has 2 N–H and O–H groups in total. The van der Waals surface area contributed by atoms with Crippen LogP contribution in [0.3, 0.4) is 0 Å². The average molecular weight is 411 g/mol. The highest BCUT2D eigenvalue weighted by molar-refractivity contribution is 5.86. The zero-order chi connectivity index (χ0) is 21.6. The Kier molecular flexibility index (Phi) is 6.98. The Morgan fingerprint density at radius 2 is 1.50 bits per heavy atom. The molecule has 30 heavy (non-hydrogen) atoms. The first kappa shape index (κ1) is 21.7. The highest BCUT2D eigenvalue weighted by Crippen LogP contribution is 2.33. The molecule has 0 spiro atoms. The van der Waals surface area contributed by atoms with Crippen LogP contribution in [-0.4, -0.2) is 23.8 Å². The SMILES string of the molecule is CC(C)(C)OC(=O)NC1CCC(c2ccc(NC(=O)Oc3ccccc3)cc2)CC1. The van der Waals surface area contributed by atoms with Gasteiger partial charge in [0.15, 0.2) is 0 Å². The molecule has 0 aliphatic heterocycles. The molecule has 0 bridgehead atoms. The van der Waals surface area contributed by atoms with Crippen LogP contribution in [0.15, 0.2) is 54.6 Å². The van der Waals surface area contributed by atoms with Crippen molar-refractivity contribution in [3.8, 4) is 5.75 Å². The maximum atomic E-state index is 12.0. The molecule has 0 radical (unpaired) electrons. The topological polar surface area (TPSA) is 76.7 Å². The summed E-state index contributed by atoms with van der Waals surface area (Å²) in [6.45, 7) is 5.59. The fraction of sp³-hybridized carbons (Fsp3) is 0.417. The monoisotopic (exact) mass is 410 g/mol. The molecule has 1 fully saturated rings. The lowest BCUT2D eigenvalue weighted by atomic mass is 9.82. The summed E-state index contributed by atoms with van der Waals surface area (Å²) in [7, 11) is 0. The Morgan fingerprint density at radius 1 is 0.867 bits per heavy atom. The number of nitrogens with one attached hydrogen (secondary N) is 2. The summed E-state index contributed by atoms with van der Waals surface area (Å²) >= 11 is 0. The number of amides is 2. The zero-order valence-electron chi connectivity index (χ0n) is 17.8. The van der Waals surface area contributed by atoms with Crippen LogP contribution in [-0.2, 0) is 4.74 Å². The van der Waals surface area contributed by atoms with E-state index >= 15 is 0 Å². The predicted octanol–water partition coefficient (Wildman–Crippen LogP) is 5.85. The summed E-state index contributed by atoms with van der Waals surface area (Å²) in [4.78, 5) is 23.9. The lowest BCUT2D eigenvalue weighted by Gasteiger charge is -2.30. The summed E-state index contributed by atoms with van der Waals surface area (Å²) in [5.41, 5.74) is 1.46. The molecule has 2 aromatic carbocycles. The van der Waals surface area contributed by atoms with Gasteiger partial charge in [-0.15, -0.1) is 0 Å². The number of benzene rings is 2. The van der Waals surface area contributed by atoms with Crippen molar-refractivity contribution in [3.63, 3.8) is 0 Å². The van der Waals surface area contributed by atoms with Crippen LogP contribution in [0.1, 0.15) is 57.9 Å². The van der Waals surface area contributed by atoms with Crippen molar-refractivity contribution in [1.82, 2.24) is 5.32 Å². The van der Waals surface area contributed by atoms with Gasteiger partial charge in [0.25, 0.3) is 0 Å². The van der Waals surface area contributed by atoms with E-state index in [1.165, 1.54) is 5.56 Å². The van der Waals surface area contributed by atoms with E-state index in [9.17, 15) is 9.59 Å². The van der Waals surface area contributed by atoms with Crippen LogP contribution < -0.4 is 15.4 Å². The predicted molar refractivity (Wildman–Crippen MR) is 117 cm³/mol. The zero-order valence-corrected chi connectivity index (χ0v) is 17.8. The fourth-order valence-corrected chi connectivity index (χ4v) is 3.62. The molecule has 2 amide bonds. The Morgan fingerprint density at radius 3 is 2.10 bits per heavy atom. The van der Waals surface area contributed by atoms with Crippen LogP contribution >= 0.6 is 0 Å². The van der Waals surface area contributed by atoms with Crippen molar-refractivity contribution in [3.05, 3.63) is 60.2 Å². The summed E-state index contributed by atoms with van der Waals surface area (Å²) in [5.74, 6) is 0.954. The van der Waals surface area contributed by atoms with Gasteiger partial charge in [-0.3, -0.25) is 5.32 Å². The summed E-state index contributed by atoms with van der Waals surface area (Å²) in [6.07, 6.45) is 3.00. The van der Waals surface area contributed by atoms with Crippen LogP contribution in [0, 0.1) is 0 Å². The molecule has 3 rings (SSSR count). The quantitative estimate of drug-likeness (QED) is 0.663. The lowest BCUT2D eigenvalue weighted by Crippen LogP contribution is -2.40. The first-order chi connectivity index (χ1) is 14.3. The van der Waals surface area contributed by atoms with Gasteiger partial charge in [-0.1, -0.05) is 30.3 Å². The van der Waals surface area contributed by atoms with E-state index in [0.717, 1.165) is 25.7 Å². The van der Waals surface area contributed by atoms with Gasteiger partial charge in [-0.05, 0) is 82.2 Å². The normalized spacial score (nSPS) is 18.9. The van der Waals surface area contributed by atoms with E-state index in [4.69, 9.17) is 9.47 Å². The van der Waals surface area contributed by atoms with Gasteiger partial charge < -0.3 is 14.8 Å². The molecule has 0 aromatic heterocycles. The standard InChI is InChI=1S/C24H30N2O4/c1-24(2,3)30-23(28)26-20-15-11-18(12-16-20)17-9-13-19(14-10-17)25-22(27)29-21-7-5-4-6-8-21/h4-10,13-14,18,20H,11-12,15-16H2,1-3H3,(H,25,27)(H,26,28). The lowest BCUT2D eigenvalue weighted by molar-refractivity contribution is 0.0491. The molecule has 0 unspecified atom stereocenters. The second kappa shape index (κ2) is 9.65. The van der Waals surface area contributed by atoms with Gasteiger partial charge in [0.1, 0.15) is 11.4 Å². The molecule has 0 atom stereocenters. The van der Waals surface area contributed by atoms with Crippen LogP contribution in [0.4, 0.5) is 15.3 Å². The summed E-state index contributed by atoms with van der Waals surface area (Å²) in [5, 5.41) is 5.72. The minimum Gasteiger partial charge on any atom is -0.444 e. The van der Waals surface area contributed by atoms with Gasteiger partial charge in [0.2, 0.25) is 0 Å². The number of alkyl carbamates (subject to hydrolysis) is 1. The average Bonchev–Trinajstić information content (AvgIpc) is 2.68. The molecule has 1 aliphatic carbocycles. The third-order valence-electron chi connectivity index (χ3n) is 5.03. The molecule has 160 valence electrons.